The first-order valence-corrected chi connectivity index (χ1v) is 7.77. The van der Waals surface area contributed by atoms with E-state index < -0.39 is 5.54 Å². The molecule has 1 amide bonds. The molecule has 4 bridgehead atoms. The Kier molecular flexibility index (Phi) is 2.26. The number of hydrogen-bond acceptors (Lipinski definition) is 2. The summed E-state index contributed by atoms with van der Waals surface area (Å²) in [6.45, 7) is 5.26. The van der Waals surface area contributed by atoms with Crippen molar-refractivity contribution in [3.8, 4) is 6.07 Å². The van der Waals surface area contributed by atoms with Gasteiger partial charge in [-0.3, -0.25) is 4.79 Å². The highest BCUT2D eigenvalue weighted by Gasteiger charge is 2.78. The average Bonchev–Trinajstić information content (AvgIpc) is 2.96. The van der Waals surface area contributed by atoms with E-state index in [-0.39, 0.29) is 16.7 Å². The van der Waals surface area contributed by atoms with Crippen molar-refractivity contribution in [3.05, 3.63) is 35.9 Å². The minimum Gasteiger partial charge on any atom is -0.319 e. The molecule has 3 nitrogen and oxygen atoms in total. The summed E-state index contributed by atoms with van der Waals surface area (Å²) >= 11 is 0. The van der Waals surface area contributed by atoms with Gasteiger partial charge in [0.2, 0.25) is 0 Å². The van der Waals surface area contributed by atoms with Crippen molar-refractivity contribution in [2.24, 2.45) is 16.7 Å². The smallest absolute Gasteiger partial charge is 0.255 e. The van der Waals surface area contributed by atoms with Gasteiger partial charge in [-0.05, 0) is 42.7 Å². The highest BCUT2D eigenvalue weighted by atomic mass is 16.2. The fourth-order valence-electron chi connectivity index (χ4n) is 5.49. The zero-order valence-corrected chi connectivity index (χ0v) is 12.6. The van der Waals surface area contributed by atoms with Crippen molar-refractivity contribution in [1.82, 2.24) is 4.90 Å². The monoisotopic (exact) mass is 280 g/mol. The summed E-state index contributed by atoms with van der Waals surface area (Å²) in [6.07, 6.45) is 3.14. The molecule has 1 aromatic carbocycles. The van der Waals surface area contributed by atoms with Crippen LogP contribution in [0.15, 0.2) is 30.3 Å². The lowest BCUT2D eigenvalue weighted by Gasteiger charge is -2.43. The third kappa shape index (κ3) is 1.19. The average molecular weight is 280 g/mol. The number of nitriles is 1. The van der Waals surface area contributed by atoms with Crippen LogP contribution in [0, 0.1) is 28.1 Å². The Morgan fingerprint density at radius 1 is 1.33 bits per heavy atom. The molecule has 1 aromatic rings. The first-order chi connectivity index (χ1) is 9.98. The Bertz CT molecular complexity index is 664. The van der Waals surface area contributed by atoms with Crippen LogP contribution in [0.1, 0.15) is 43.5 Å². The molecular weight excluding hydrogens is 260 g/mol. The fourth-order valence-corrected chi connectivity index (χ4v) is 5.49. The summed E-state index contributed by atoms with van der Waals surface area (Å²) in [7, 11) is 0. The SMILES string of the molecule is C[C@]12CC[C@@H]3C[C@@]1(C#N)N(C(=O)c1ccccc1)C[C@@]32C. The molecule has 1 aliphatic heterocycles. The maximum atomic E-state index is 12.9. The van der Waals surface area contributed by atoms with Crippen LogP contribution >= 0.6 is 0 Å². The van der Waals surface area contributed by atoms with Crippen LogP contribution in [0.2, 0.25) is 0 Å². The molecule has 1 heterocycles. The minimum absolute atomic E-state index is 0.0208. The maximum absolute atomic E-state index is 12.9. The number of amides is 1. The molecule has 108 valence electrons. The van der Waals surface area contributed by atoms with Crippen LogP contribution in [0.25, 0.3) is 0 Å². The number of benzene rings is 1. The van der Waals surface area contributed by atoms with Gasteiger partial charge in [0.1, 0.15) is 5.54 Å². The number of nitrogens with zero attached hydrogens (tertiary/aromatic N) is 2. The second-order valence-electron chi connectivity index (χ2n) is 7.42. The Balaban J connectivity index is 1.80. The summed E-state index contributed by atoms with van der Waals surface area (Å²) in [6, 6.07) is 12.0. The molecule has 0 aromatic heterocycles. The molecule has 0 unspecified atom stereocenters. The van der Waals surface area contributed by atoms with E-state index in [0.29, 0.717) is 11.5 Å². The summed E-state index contributed by atoms with van der Waals surface area (Å²) in [5, 5.41) is 9.97. The van der Waals surface area contributed by atoms with Gasteiger partial charge in [0.15, 0.2) is 0 Å². The standard InChI is InChI=1S/C18H20N2O/c1-16-12-20(15(21)13-6-4-3-5-7-13)18(11-19)10-14(16)8-9-17(16,18)2/h3-7,14H,8-10,12H2,1-2H3/t14-,16+,17-,18+/m1/s1. The molecule has 4 rings (SSSR count). The van der Waals surface area contributed by atoms with Gasteiger partial charge >= 0.3 is 0 Å². The van der Waals surface area contributed by atoms with Crippen LogP contribution in [0.4, 0.5) is 0 Å². The quantitative estimate of drug-likeness (QED) is 0.792. The van der Waals surface area contributed by atoms with Gasteiger partial charge in [-0.15, -0.1) is 0 Å². The number of piperidine rings is 1. The Labute approximate surface area is 125 Å². The lowest BCUT2D eigenvalue weighted by molar-refractivity contribution is 0.0430. The highest BCUT2D eigenvalue weighted by molar-refractivity contribution is 5.95. The molecule has 0 radical (unpaired) electrons. The number of carbonyl (C=O) groups excluding carboxylic acids is 1. The molecule has 21 heavy (non-hydrogen) atoms. The maximum Gasteiger partial charge on any atom is 0.255 e. The third-order valence-electron chi connectivity index (χ3n) is 7.01. The van der Waals surface area contributed by atoms with Crippen molar-refractivity contribution < 1.29 is 4.79 Å². The van der Waals surface area contributed by atoms with Crippen LogP contribution in [-0.4, -0.2) is 22.9 Å². The molecule has 3 heteroatoms. The van der Waals surface area contributed by atoms with Gasteiger partial charge < -0.3 is 4.90 Å². The van der Waals surface area contributed by atoms with Crippen LogP contribution < -0.4 is 0 Å². The molecule has 2 aliphatic carbocycles. The topological polar surface area (TPSA) is 44.1 Å². The van der Waals surface area contributed by atoms with Crippen LogP contribution in [0.5, 0.6) is 0 Å². The van der Waals surface area contributed by atoms with E-state index in [1.54, 1.807) is 0 Å². The van der Waals surface area contributed by atoms with Gasteiger partial charge in [0.25, 0.3) is 5.91 Å². The van der Waals surface area contributed by atoms with E-state index in [2.05, 4.69) is 19.9 Å². The highest BCUT2D eigenvalue weighted by Crippen LogP contribution is 2.75. The molecule has 3 aliphatic rings. The Morgan fingerprint density at radius 2 is 2.05 bits per heavy atom. The second kappa shape index (κ2) is 3.68. The van der Waals surface area contributed by atoms with Crippen LogP contribution in [0.3, 0.4) is 0 Å². The summed E-state index contributed by atoms with van der Waals surface area (Å²) in [5.74, 6) is 0.620. The van der Waals surface area contributed by atoms with Gasteiger partial charge in [0.05, 0.1) is 6.07 Å². The van der Waals surface area contributed by atoms with Gasteiger partial charge in [0, 0.05) is 17.5 Å². The second-order valence-corrected chi connectivity index (χ2v) is 7.42. The first-order valence-electron chi connectivity index (χ1n) is 7.77. The third-order valence-corrected chi connectivity index (χ3v) is 7.01. The number of carbonyl (C=O) groups is 1. The van der Waals surface area contributed by atoms with Gasteiger partial charge in [-0.2, -0.15) is 5.26 Å². The predicted octanol–water partition coefficient (Wildman–Crippen LogP) is 3.23. The van der Waals surface area contributed by atoms with Gasteiger partial charge in [-0.25, -0.2) is 0 Å². The number of rotatable bonds is 1. The Morgan fingerprint density at radius 3 is 2.67 bits per heavy atom. The minimum atomic E-state index is -0.600. The van der Waals surface area contributed by atoms with Crippen molar-refractivity contribution in [2.45, 2.75) is 38.6 Å². The van der Waals surface area contributed by atoms with Crippen molar-refractivity contribution in [3.63, 3.8) is 0 Å². The van der Waals surface area contributed by atoms with E-state index in [9.17, 15) is 10.1 Å². The zero-order chi connectivity index (χ0) is 14.9. The fraction of sp³-hybridized carbons (Fsp3) is 0.556. The van der Waals surface area contributed by atoms with E-state index in [4.69, 9.17) is 0 Å². The molecule has 0 N–H and O–H groups in total. The molecule has 1 saturated heterocycles. The predicted molar refractivity (Wildman–Crippen MR) is 79.4 cm³/mol. The van der Waals surface area contributed by atoms with Crippen molar-refractivity contribution in [1.29, 1.82) is 5.26 Å². The summed E-state index contributed by atoms with van der Waals surface area (Å²) in [4.78, 5) is 14.8. The summed E-state index contributed by atoms with van der Waals surface area (Å²) < 4.78 is 0. The largest absolute Gasteiger partial charge is 0.319 e. The van der Waals surface area contributed by atoms with E-state index in [0.717, 1.165) is 19.4 Å². The lowest BCUT2D eigenvalue weighted by Crippen LogP contribution is -2.54. The normalized spacial score (nSPS) is 43.1. The number of hydrogen-bond donors (Lipinski definition) is 0. The van der Waals surface area contributed by atoms with E-state index in [1.807, 2.05) is 35.2 Å². The Hall–Kier alpha value is -1.82. The molecule has 0 spiro atoms. The van der Waals surface area contributed by atoms with Crippen LogP contribution in [-0.2, 0) is 0 Å². The number of likely N-dealkylation sites (tertiary alicyclic amines) is 1. The molecule has 3 fully saturated rings. The van der Waals surface area contributed by atoms with E-state index >= 15 is 0 Å². The van der Waals surface area contributed by atoms with Crippen molar-refractivity contribution >= 4 is 5.91 Å². The van der Waals surface area contributed by atoms with Gasteiger partial charge in [-0.1, -0.05) is 32.0 Å². The molecule has 4 atom stereocenters. The molecular formula is C18H20N2O. The summed E-state index contributed by atoms with van der Waals surface area (Å²) in [5.41, 5.74) is 0.150. The zero-order valence-electron chi connectivity index (χ0n) is 12.6. The first kappa shape index (κ1) is 12.9. The van der Waals surface area contributed by atoms with Crippen molar-refractivity contribution in [2.75, 3.05) is 6.54 Å². The van der Waals surface area contributed by atoms with E-state index in [1.165, 1.54) is 6.42 Å². The lowest BCUT2D eigenvalue weighted by atomic mass is 9.66. The molecule has 2 saturated carbocycles.